The van der Waals surface area contributed by atoms with Gasteiger partial charge in [0.15, 0.2) is 0 Å². The van der Waals surface area contributed by atoms with Gasteiger partial charge in [0.25, 0.3) is 0 Å². The van der Waals surface area contributed by atoms with Gasteiger partial charge in [-0.2, -0.15) is 5.26 Å². The molecule has 96 valence electrons. The van der Waals surface area contributed by atoms with Crippen molar-refractivity contribution in [3.63, 3.8) is 0 Å². The van der Waals surface area contributed by atoms with E-state index in [2.05, 4.69) is 10.6 Å². The Morgan fingerprint density at radius 3 is 2.56 bits per heavy atom. The fourth-order valence-corrected chi connectivity index (χ4v) is 1.43. The molecule has 0 saturated heterocycles. The van der Waals surface area contributed by atoms with Crippen molar-refractivity contribution in [3.8, 4) is 6.07 Å². The Kier molecular flexibility index (Phi) is 4.67. The van der Waals surface area contributed by atoms with Crippen LogP contribution in [0.25, 0.3) is 0 Å². The van der Waals surface area contributed by atoms with Gasteiger partial charge >= 0.3 is 0 Å². The van der Waals surface area contributed by atoms with Gasteiger partial charge in [0.1, 0.15) is 12.2 Å². The summed E-state index contributed by atoms with van der Waals surface area (Å²) in [7, 11) is 0. The lowest BCUT2D eigenvalue weighted by Gasteiger charge is -2.26. The molecule has 0 saturated carbocycles. The standard InChI is InChI=1S/C13H16FN3O/c1-13(2,17-12(18)7-8-15)9-16-11-5-3-10(14)4-6-11/h3-6,16H,7,9H2,1-2H3,(H,17,18). The maximum Gasteiger partial charge on any atom is 0.234 e. The number of nitrogens with one attached hydrogen (secondary N) is 2. The molecule has 0 unspecified atom stereocenters. The number of benzene rings is 1. The van der Waals surface area contributed by atoms with E-state index >= 15 is 0 Å². The fourth-order valence-electron chi connectivity index (χ4n) is 1.43. The molecule has 1 aromatic carbocycles. The number of hydrogen-bond acceptors (Lipinski definition) is 3. The van der Waals surface area contributed by atoms with Gasteiger partial charge < -0.3 is 10.6 Å². The molecule has 5 heteroatoms. The van der Waals surface area contributed by atoms with Crippen molar-refractivity contribution >= 4 is 11.6 Å². The van der Waals surface area contributed by atoms with Gasteiger partial charge in [-0.15, -0.1) is 0 Å². The topological polar surface area (TPSA) is 64.9 Å². The summed E-state index contributed by atoms with van der Waals surface area (Å²) < 4.78 is 12.7. The normalized spacial score (nSPS) is 10.6. The summed E-state index contributed by atoms with van der Waals surface area (Å²) in [4.78, 5) is 11.3. The second-order valence-corrected chi connectivity index (χ2v) is 4.63. The van der Waals surface area contributed by atoms with E-state index in [1.54, 1.807) is 18.2 Å². The van der Waals surface area contributed by atoms with Crippen molar-refractivity contribution in [3.05, 3.63) is 30.1 Å². The van der Waals surface area contributed by atoms with Crippen molar-refractivity contribution in [1.82, 2.24) is 5.32 Å². The molecule has 0 bridgehead atoms. The largest absolute Gasteiger partial charge is 0.383 e. The molecule has 0 fully saturated rings. The van der Waals surface area contributed by atoms with Crippen LogP contribution in [0.1, 0.15) is 20.3 Å². The first kappa shape index (κ1) is 14.0. The van der Waals surface area contributed by atoms with Crippen LogP contribution in [0.2, 0.25) is 0 Å². The van der Waals surface area contributed by atoms with Crippen LogP contribution in [0, 0.1) is 17.1 Å². The Morgan fingerprint density at radius 2 is 2.00 bits per heavy atom. The van der Waals surface area contributed by atoms with E-state index in [1.807, 2.05) is 13.8 Å². The molecule has 4 nitrogen and oxygen atoms in total. The SMILES string of the molecule is CC(C)(CNc1ccc(F)cc1)NC(=O)CC#N. The van der Waals surface area contributed by atoms with Crippen LogP contribution in [0.3, 0.4) is 0 Å². The zero-order valence-electron chi connectivity index (χ0n) is 10.5. The molecule has 0 aliphatic carbocycles. The number of nitriles is 1. The highest BCUT2D eigenvalue weighted by molar-refractivity contribution is 5.78. The summed E-state index contributed by atoms with van der Waals surface area (Å²) in [5.74, 6) is -0.592. The van der Waals surface area contributed by atoms with Crippen LogP contribution < -0.4 is 10.6 Å². The third-order valence-corrected chi connectivity index (χ3v) is 2.30. The lowest BCUT2D eigenvalue weighted by Crippen LogP contribution is -2.48. The molecule has 0 atom stereocenters. The third-order valence-electron chi connectivity index (χ3n) is 2.30. The average molecular weight is 249 g/mol. The molecular formula is C13H16FN3O. The molecule has 2 N–H and O–H groups in total. The van der Waals surface area contributed by atoms with E-state index in [1.165, 1.54) is 12.1 Å². The van der Waals surface area contributed by atoms with Crippen molar-refractivity contribution < 1.29 is 9.18 Å². The molecule has 0 heterocycles. The third kappa shape index (κ3) is 4.83. The number of carbonyl (C=O) groups excluding carboxylic acids is 1. The van der Waals surface area contributed by atoms with E-state index in [0.29, 0.717) is 6.54 Å². The summed E-state index contributed by atoms with van der Waals surface area (Å²) in [6, 6.07) is 7.78. The Morgan fingerprint density at radius 1 is 1.39 bits per heavy atom. The summed E-state index contributed by atoms with van der Waals surface area (Å²) in [6.07, 6.45) is -0.153. The highest BCUT2D eigenvalue weighted by Crippen LogP contribution is 2.10. The van der Waals surface area contributed by atoms with Crippen LogP contribution in [0.4, 0.5) is 10.1 Å². The van der Waals surface area contributed by atoms with E-state index in [-0.39, 0.29) is 18.1 Å². The number of nitrogens with zero attached hydrogens (tertiary/aromatic N) is 1. The predicted molar refractivity (Wildman–Crippen MR) is 67.3 cm³/mol. The van der Waals surface area contributed by atoms with E-state index in [0.717, 1.165) is 5.69 Å². The number of anilines is 1. The van der Waals surface area contributed by atoms with E-state index in [4.69, 9.17) is 5.26 Å². The van der Waals surface area contributed by atoms with Gasteiger partial charge in [-0.05, 0) is 38.1 Å². The quantitative estimate of drug-likeness (QED) is 0.839. The van der Waals surface area contributed by atoms with Gasteiger partial charge in [-0.1, -0.05) is 0 Å². The second kappa shape index (κ2) is 6.01. The van der Waals surface area contributed by atoms with Crippen molar-refractivity contribution in [2.45, 2.75) is 25.8 Å². The lowest BCUT2D eigenvalue weighted by molar-refractivity contribution is -0.121. The first-order valence-electron chi connectivity index (χ1n) is 5.60. The molecule has 0 radical (unpaired) electrons. The van der Waals surface area contributed by atoms with E-state index in [9.17, 15) is 9.18 Å². The minimum absolute atomic E-state index is 0.153. The molecule has 18 heavy (non-hydrogen) atoms. The summed E-state index contributed by atoms with van der Waals surface area (Å²) in [6.45, 7) is 4.17. The molecule has 0 aromatic heterocycles. The van der Waals surface area contributed by atoms with Crippen molar-refractivity contribution in [1.29, 1.82) is 5.26 Å². The monoisotopic (exact) mass is 249 g/mol. The van der Waals surface area contributed by atoms with Crippen LogP contribution >= 0.6 is 0 Å². The average Bonchev–Trinajstić information content (AvgIpc) is 2.28. The zero-order chi connectivity index (χ0) is 13.6. The highest BCUT2D eigenvalue weighted by Gasteiger charge is 2.19. The maximum atomic E-state index is 12.7. The molecule has 0 spiro atoms. The van der Waals surface area contributed by atoms with Gasteiger partial charge in [0.2, 0.25) is 5.91 Å². The summed E-state index contributed by atoms with van der Waals surface area (Å²) in [5, 5.41) is 14.2. The van der Waals surface area contributed by atoms with Gasteiger partial charge in [0, 0.05) is 12.2 Å². The van der Waals surface area contributed by atoms with Gasteiger partial charge in [0.05, 0.1) is 11.6 Å². The summed E-state index contributed by atoms with van der Waals surface area (Å²) >= 11 is 0. The van der Waals surface area contributed by atoms with Crippen LogP contribution in [0.15, 0.2) is 24.3 Å². The first-order valence-corrected chi connectivity index (χ1v) is 5.60. The van der Waals surface area contributed by atoms with Crippen LogP contribution in [-0.2, 0) is 4.79 Å². The van der Waals surface area contributed by atoms with Crippen LogP contribution in [0.5, 0.6) is 0 Å². The number of hydrogen-bond donors (Lipinski definition) is 2. The van der Waals surface area contributed by atoms with Crippen molar-refractivity contribution in [2.75, 3.05) is 11.9 Å². The Balaban J connectivity index is 2.48. The number of halogens is 1. The Bertz CT molecular complexity index is 448. The smallest absolute Gasteiger partial charge is 0.234 e. The molecule has 1 amide bonds. The Hall–Kier alpha value is -2.09. The van der Waals surface area contributed by atoms with Crippen LogP contribution in [-0.4, -0.2) is 18.0 Å². The molecule has 1 rings (SSSR count). The number of rotatable bonds is 5. The molecule has 0 aliphatic rings. The molecule has 1 aromatic rings. The fraction of sp³-hybridized carbons (Fsp3) is 0.385. The second-order valence-electron chi connectivity index (χ2n) is 4.63. The molecular weight excluding hydrogens is 233 g/mol. The number of amides is 1. The molecule has 0 aliphatic heterocycles. The Labute approximate surface area is 106 Å². The predicted octanol–water partition coefficient (Wildman–Crippen LogP) is 2.05. The highest BCUT2D eigenvalue weighted by atomic mass is 19.1. The zero-order valence-corrected chi connectivity index (χ0v) is 10.5. The first-order chi connectivity index (χ1) is 8.43. The van der Waals surface area contributed by atoms with E-state index < -0.39 is 5.54 Å². The lowest BCUT2D eigenvalue weighted by atomic mass is 10.1. The maximum absolute atomic E-state index is 12.7. The summed E-state index contributed by atoms with van der Waals surface area (Å²) in [5.41, 5.74) is 0.293. The minimum Gasteiger partial charge on any atom is -0.383 e. The van der Waals surface area contributed by atoms with Gasteiger partial charge in [-0.25, -0.2) is 4.39 Å². The van der Waals surface area contributed by atoms with Crippen molar-refractivity contribution in [2.24, 2.45) is 0 Å². The number of carbonyl (C=O) groups is 1. The minimum atomic E-state index is -0.484. The van der Waals surface area contributed by atoms with Gasteiger partial charge in [-0.3, -0.25) is 4.79 Å².